The molecular weight excluding hydrogens is 240 g/mol. The van der Waals surface area contributed by atoms with Gasteiger partial charge in [-0.1, -0.05) is 31.6 Å². The maximum absolute atomic E-state index is 12.5. The highest BCUT2D eigenvalue weighted by molar-refractivity contribution is 5.96. The number of carbonyl (C=O) groups is 2. The van der Waals surface area contributed by atoms with E-state index in [-0.39, 0.29) is 24.1 Å². The van der Waals surface area contributed by atoms with Gasteiger partial charge in [-0.25, -0.2) is 0 Å². The Bertz CT molecular complexity index is 496. The van der Waals surface area contributed by atoms with Gasteiger partial charge in [0, 0.05) is 17.8 Å². The van der Waals surface area contributed by atoms with Crippen molar-refractivity contribution >= 4 is 11.8 Å². The minimum Gasteiger partial charge on any atom is -0.468 e. The maximum Gasteiger partial charge on any atom is 0.316 e. The SMILES string of the molecule is C/C=C1/[C@H]2C=C(C)C[C@]1(C(=O)OC)CC(=O)C2(C)C. The van der Waals surface area contributed by atoms with Crippen molar-refractivity contribution in [2.24, 2.45) is 16.7 Å². The number of fused-ring (bicyclic) bond motifs is 2. The molecule has 2 atom stereocenters. The van der Waals surface area contributed by atoms with Crippen LogP contribution in [0.15, 0.2) is 23.3 Å². The fourth-order valence-corrected chi connectivity index (χ4v) is 3.66. The smallest absolute Gasteiger partial charge is 0.316 e. The number of carbonyl (C=O) groups excluding carboxylic acids is 2. The van der Waals surface area contributed by atoms with Crippen molar-refractivity contribution in [3.8, 4) is 0 Å². The van der Waals surface area contributed by atoms with E-state index in [1.165, 1.54) is 12.7 Å². The topological polar surface area (TPSA) is 43.4 Å². The molecule has 1 fully saturated rings. The molecule has 3 heteroatoms. The molecule has 3 nitrogen and oxygen atoms in total. The summed E-state index contributed by atoms with van der Waals surface area (Å²) in [5, 5.41) is 0. The minimum atomic E-state index is -0.764. The second-order valence-electron chi connectivity index (χ2n) is 6.31. The number of methoxy groups -OCH3 is 1. The molecule has 104 valence electrons. The van der Waals surface area contributed by atoms with Crippen LogP contribution in [0.5, 0.6) is 0 Å². The Kier molecular flexibility index (Phi) is 3.20. The highest BCUT2D eigenvalue weighted by atomic mass is 16.5. The van der Waals surface area contributed by atoms with Gasteiger partial charge in [-0.05, 0) is 25.8 Å². The monoisotopic (exact) mass is 262 g/mol. The van der Waals surface area contributed by atoms with Crippen molar-refractivity contribution in [2.45, 2.75) is 40.5 Å². The molecule has 0 saturated heterocycles. The zero-order valence-corrected chi connectivity index (χ0v) is 12.4. The molecule has 0 amide bonds. The normalized spacial score (nSPS) is 35.0. The van der Waals surface area contributed by atoms with Crippen LogP contribution in [0.2, 0.25) is 0 Å². The van der Waals surface area contributed by atoms with Gasteiger partial charge in [-0.15, -0.1) is 0 Å². The Balaban J connectivity index is 2.66. The van der Waals surface area contributed by atoms with Crippen LogP contribution in [0, 0.1) is 16.7 Å². The molecule has 0 heterocycles. The van der Waals surface area contributed by atoms with Crippen LogP contribution in [0.1, 0.15) is 40.5 Å². The van der Waals surface area contributed by atoms with Crippen LogP contribution >= 0.6 is 0 Å². The van der Waals surface area contributed by atoms with Gasteiger partial charge in [-0.2, -0.15) is 0 Å². The van der Waals surface area contributed by atoms with E-state index in [2.05, 4.69) is 6.08 Å². The minimum absolute atomic E-state index is 0.00611. The van der Waals surface area contributed by atoms with E-state index in [4.69, 9.17) is 4.74 Å². The molecule has 0 aliphatic heterocycles. The lowest BCUT2D eigenvalue weighted by Gasteiger charge is -2.50. The molecule has 0 spiro atoms. The van der Waals surface area contributed by atoms with Crippen molar-refractivity contribution in [3.05, 3.63) is 23.3 Å². The molecule has 2 aliphatic carbocycles. The van der Waals surface area contributed by atoms with Gasteiger partial charge in [0.2, 0.25) is 0 Å². The highest BCUT2D eigenvalue weighted by Crippen LogP contribution is 2.57. The van der Waals surface area contributed by atoms with Crippen molar-refractivity contribution < 1.29 is 14.3 Å². The summed E-state index contributed by atoms with van der Waals surface area (Å²) in [6.07, 6.45) is 5.00. The zero-order valence-electron chi connectivity index (χ0n) is 12.4. The maximum atomic E-state index is 12.5. The molecule has 0 radical (unpaired) electrons. The van der Waals surface area contributed by atoms with E-state index in [9.17, 15) is 9.59 Å². The molecular formula is C16H22O3. The first-order valence-electron chi connectivity index (χ1n) is 6.75. The standard InChI is InChI=1S/C16H22O3/c1-6-11-12-7-10(2)8-16(11,14(18)19-5)9-13(17)15(12,3)4/h6-7,12H,8-9H2,1-5H3/b11-6-/t12-,16+/m1/s1. The molecule has 2 bridgehead atoms. The van der Waals surface area contributed by atoms with Crippen LogP contribution < -0.4 is 0 Å². The van der Waals surface area contributed by atoms with Crippen LogP contribution in [0.3, 0.4) is 0 Å². The Morgan fingerprint density at radius 1 is 1.42 bits per heavy atom. The first kappa shape index (κ1) is 14.0. The average Bonchev–Trinajstić information content (AvgIpc) is 2.35. The van der Waals surface area contributed by atoms with Gasteiger partial charge >= 0.3 is 5.97 Å². The molecule has 0 aromatic heterocycles. The Morgan fingerprint density at radius 3 is 2.58 bits per heavy atom. The number of allylic oxidation sites excluding steroid dienone is 3. The summed E-state index contributed by atoms with van der Waals surface area (Å²) in [6, 6.07) is 0. The summed E-state index contributed by atoms with van der Waals surface area (Å²) in [7, 11) is 1.40. The highest BCUT2D eigenvalue weighted by Gasteiger charge is 2.58. The second-order valence-corrected chi connectivity index (χ2v) is 6.31. The number of hydrogen-bond donors (Lipinski definition) is 0. The van der Waals surface area contributed by atoms with E-state index < -0.39 is 10.8 Å². The molecule has 2 rings (SSSR count). The average molecular weight is 262 g/mol. The van der Waals surface area contributed by atoms with Crippen LogP contribution in [-0.4, -0.2) is 18.9 Å². The Labute approximate surface area is 114 Å². The van der Waals surface area contributed by atoms with E-state index >= 15 is 0 Å². The summed E-state index contributed by atoms with van der Waals surface area (Å²) >= 11 is 0. The van der Waals surface area contributed by atoms with Gasteiger partial charge in [0.15, 0.2) is 0 Å². The Morgan fingerprint density at radius 2 is 2.05 bits per heavy atom. The number of ether oxygens (including phenoxy) is 1. The van der Waals surface area contributed by atoms with E-state index in [0.717, 1.165) is 5.57 Å². The van der Waals surface area contributed by atoms with Crippen LogP contribution in [0.4, 0.5) is 0 Å². The summed E-state index contributed by atoms with van der Waals surface area (Å²) < 4.78 is 5.00. The molecule has 2 aliphatic rings. The van der Waals surface area contributed by atoms with Gasteiger partial charge < -0.3 is 4.74 Å². The van der Waals surface area contributed by atoms with Crippen LogP contribution in [0.25, 0.3) is 0 Å². The van der Waals surface area contributed by atoms with Gasteiger partial charge in [-0.3, -0.25) is 9.59 Å². The first-order valence-corrected chi connectivity index (χ1v) is 6.75. The van der Waals surface area contributed by atoms with E-state index in [1.807, 2.05) is 33.8 Å². The second kappa shape index (κ2) is 4.32. The lowest BCUT2D eigenvalue weighted by molar-refractivity contribution is -0.157. The quantitative estimate of drug-likeness (QED) is 0.539. The Hall–Kier alpha value is -1.38. The number of esters is 1. The van der Waals surface area contributed by atoms with Crippen molar-refractivity contribution in [2.75, 3.05) is 7.11 Å². The van der Waals surface area contributed by atoms with Crippen LogP contribution in [-0.2, 0) is 14.3 Å². The van der Waals surface area contributed by atoms with Crippen molar-refractivity contribution in [1.82, 2.24) is 0 Å². The third-order valence-corrected chi connectivity index (χ3v) is 4.77. The number of hydrogen-bond acceptors (Lipinski definition) is 3. The lowest BCUT2D eigenvalue weighted by atomic mass is 9.51. The summed E-state index contributed by atoms with van der Waals surface area (Å²) in [5.74, 6) is -0.120. The van der Waals surface area contributed by atoms with E-state index in [0.29, 0.717) is 6.42 Å². The fraction of sp³-hybridized carbons (Fsp3) is 0.625. The molecule has 19 heavy (non-hydrogen) atoms. The number of rotatable bonds is 1. The first-order chi connectivity index (χ1) is 8.79. The molecule has 0 aromatic carbocycles. The summed E-state index contributed by atoms with van der Waals surface area (Å²) in [5.41, 5.74) is 1.01. The summed E-state index contributed by atoms with van der Waals surface area (Å²) in [4.78, 5) is 24.8. The number of ketones is 1. The molecule has 0 aromatic rings. The zero-order chi connectivity index (χ0) is 14.4. The largest absolute Gasteiger partial charge is 0.468 e. The number of Topliss-reactive ketones (excluding diaryl/α,β-unsaturated/α-hetero) is 1. The third kappa shape index (κ3) is 1.78. The lowest BCUT2D eigenvalue weighted by Crippen LogP contribution is -2.52. The fourth-order valence-electron chi connectivity index (χ4n) is 3.66. The molecule has 1 saturated carbocycles. The van der Waals surface area contributed by atoms with Gasteiger partial charge in [0.1, 0.15) is 5.78 Å². The predicted molar refractivity (Wildman–Crippen MR) is 73.5 cm³/mol. The molecule has 0 unspecified atom stereocenters. The third-order valence-electron chi connectivity index (χ3n) is 4.77. The predicted octanol–water partition coefficient (Wildman–Crippen LogP) is 3.06. The summed E-state index contributed by atoms with van der Waals surface area (Å²) in [6.45, 7) is 7.92. The van der Waals surface area contributed by atoms with Crippen molar-refractivity contribution in [1.29, 1.82) is 0 Å². The van der Waals surface area contributed by atoms with Gasteiger partial charge in [0.25, 0.3) is 0 Å². The van der Waals surface area contributed by atoms with Gasteiger partial charge in [0.05, 0.1) is 12.5 Å². The van der Waals surface area contributed by atoms with E-state index in [1.54, 1.807) is 0 Å². The molecule has 0 N–H and O–H groups in total. The van der Waals surface area contributed by atoms with Crippen molar-refractivity contribution in [3.63, 3.8) is 0 Å².